The predicted molar refractivity (Wildman–Crippen MR) is 89.3 cm³/mol. The topological polar surface area (TPSA) is 64.6 Å². The van der Waals surface area contributed by atoms with Gasteiger partial charge in [0.1, 0.15) is 17.3 Å². The summed E-state index contributed by atoms with van der Waals surface area (Å²) in [6, 6.07) is 10.8. The molecule has 0 aliphatic carbocycles. The van der Waals surface area contributed by atoms with Crippen molar-refractivity contribution < 1.29 is 23.5 Å². The minimum atomic E-state index is -0.925. The summed E-state index contributed by atoms with van der Waals surface area (Å²) >= 11 is 0. The molecule has 0 aromatic heterocycles. The molecule has 1 unspecified atom stereocenters. The van der Waals surface area contributed by atoms with Gasteiger partial charge in [0.25, 0.3) is 5.91 Å². The largest absolute Gasteiger partial charge is 0.497 e. The van der Waals surface area contributed by atoms with E-state index in [1.165, 1.54) is 12.1 Å². The van der Waals surface area contributed by atoms with Gasteiger partial charge in [0.15, 0.2) is 11.9 Å². The van der Waals surface area contributed by atoms with E-state index in [-0.39, 0.29) is 35.5 Å². The van der Waals surface area contributed by atoms with Crippen molar-refractivity contribution in [2.75, 3.05) is 7.11 Å². The lowest BCUT2D eigenvalue weighted by Gasteiger charge is -2.26. The Labute approximate surface area is 144 Å². The van der Waals surface area contributed by atoms with Gasteiger partial charge in [-0.05, 0) is 42.8 Å². The second-order valence-corrected chi connectivity index (χ2v) is 5.88. The highest BCUT2D eigenvalue weighted by Crippen LogP contribution is 2.28. The molecule has 5 nitrogen and oxygen atoms in total. The van der Waals surface area contributed by atoms with E-state index >= 15 is 0 Å². The fourth-order valence-electron chi connectivity index (χ4n) is 2.72. The minimum absolute atomic E-state index is 0.113. The summed E-state index contributed by atoms with van der Waals surface area (Å²) in [4.78, 5) is 24.6. The number of carbonyl (C=O) groups is 2. The lowest BCUT2D eigenvalue weighted by atomic mass is 9.99. The third kappa shape index (κ3) is 3.63. The number of Topliss-reactive ketones (excluding diaryl/α,β-unsaturated/α-hetero) is 1. The van der Waals surface area contributed by atoms with Gasteiger partial charge in [0.05, 0.1) is 25.1 Å². The van der Waals surface area contributed by atoms with Crippen LogP contribution in [0.25, 0.3) is 0 Å². The van der Waals surface area contributed by atoms with Crippen LogP contribution in [0.2, 0.25) is 0 Å². The zero-order valence-electron chi connectivity index (χ0n) is 13.9. The zero-order valence-corrected chi connectivity index (χ0v) is 13.9. The number of carbonyl (C=O) groups excluding carboxylic acids is 2. The first-order valence-electron chi connectivity index (χ1n) is 7.91. The molecule has 2 aromatic rings. The highest BCUT2D eigenvalue weighted by molar-refractivity contribution is 6.03. The van der Waals surface area contributed by atoms with Crippen molar-refractivity contribution in [3.63, 3.8) is 0 Å². The average molecular weight is 343 g/mol. The number of hydrogen-bond acceptors (Lipinski definition) is 4. The second kappa shape index (κ2) is 6.93. The Kier molecular flexibility index (Phi) is 4.70. The van der Waals surface area contributed by atoms with Gasteiger partial charge in [-0.25, -0.2) is 4.39 Å². The van der Waals surface area contributed by atoms with Crippen LogP contribution in [-0.4, -0.2) is 24.9 Å². The number of methoxy groups -OCH3 is 1. The van der Waals surface area contributed by atoms with Crippen molar-refractivity contribution in [2.24, 2.45) is 0 Å². The van der Waals surface area contributed by atoms with Crippen molar-refractivity contribution in [3.8, 4) is 11.5 Å². The molecule has 25 heavy (non-hydrogen) atoms. The highest BCUT2D eigenvalue weighted by Gasteiger charge is 2.32. The van der Waals surface area contributed by atoms with Gasteiger partial charge < -0.3 is 14.8 Å². The Morgan fingerprint density at radius 3 is 2.68 bits per heavy atom. The summed E-state index contributed by atoms with van der Waals surface area (Å²) < 4.78 is 23.9. The van der Waals surface area contributed by atoms with Gasteiger partial charge in [-0.2, -0.15) is 0 Å². The smallest absolute Gasteiger partial charge is 0.262 e. The maximum absolute atomic E-state index is 13.2. The monoisotopic (exact) mass is 343 g/mol. The van der Waals surface area contributed by atoms with Gasteiger partial charge in [-0.1, -0.05) is 12.1 Å². The lowest BCUT2D eigenvalue weighted by molar-refractivity contribution is -0.128. The molecular weight excluding hydrogens is 325 g/mol. The molecular formula is C19H18FNO4. The number of benzene rings is 2. The van der Waals surface area contributed by atoms with Crippen molar-refractivity contribution in [2.45, 2.75) is 25.5 Å². The Morgan fingerprint density at radius 1 is 1.28 bits per heavy atom. The van der Waals surface area contributed by atoms with Crippen molar-refractivity contribution in [1.29, 1.82) is 0 Å². The van der Waals surface area contributed by atoms with Crippen LogP contribution in [0.15, 0.2) is 42.5 Å². The van der Waals surface area contributed by atoms with Gasteiger partial charge in [-0.15, -0.1) is 0 Å². The number of amides is 1. The van der Waals surface area contributed by atoms with Crippen LogP contribution in [0.1, 0.15) is 35.3 Å². The Bertz CT molecular complexity index is 804. The summed E-state index contributed by atoms with van der Waals surface area (Å²) in [6.07, 6.45) is -1.04. The normalized spacial score (nSPS) is 17.2. The predicted octanol–water partition coefficient (Wildman–Crippen LogP) is 3.05. The second-order valence-electron chi connectivity index (χ2n) is 5.88. The average Bonchev–Trinajstić information content (AvgIpc) is 2.62. The van der Waals surface area contributed by atoms with Crippen molar-refractivity contribution in [3.05, 3.63) is 59.4 Å². The van der Waals surface area contributed by atoms with Gasteiger partial charge in [-0.3, -0.25) is 9.59 Å². The molecule has 1 amide bonds. The van der Waals surface area contributed by atoms with Crippen LogP contribution in [0.4, 0.5) is 4.39 Å². The third-order valence-electron chi connectivity index (χ3n) is 4.15. The molecule has 1 heterocycles. The molecule has 3 rings (SSSR count). The minimum Gasteiger partial charge on any atom is -0.497 e. The molecule has 0 bridgehead atoms. The van der Waals surface area contributed by atoms with Gasteiger partial charge >= 0.3 is 0 Å². The highest BCUT2D eigenvalue weighted by atomic mass is 19.1. The van der Waals surface area contributed by atoms with Crippen molar-refractivity contribution in [1.82, 2.24) is 5.32 Å². The standard InChI is InChI=1S/C19H18FNO4/c1-11(12-3-6-14(24-2)7-4-12)21-19(23)18-10-16(22)15-9-13(20)5-8-17(15)25-18/h3-9,11,18H,10H2,1-2H3,(H,21,23)/t11-,18?/m1/s1. The first-order valence-corrected chi connectivity index (χ1v) is 7.91. The SMILES string of the molecule is COc1ccc([C@@H](C)NC(=O)C2CC(=O)c3cc(F)ccc3O2)cc1. The quantitative estimate of drug-likeness (QED) is 0.927. The molecule has 0 fully saturated rings. The summed E-state index contributed by atoms with van der Waals surface area (Å²) in [6.45, 7) is 1.84. The number of hydrogen-bond donors (Lipinski definition) is 1. The van der Waals surface area contributed by atoms with E-state index in [1.807, 2.05) is 31.2 Å². The van der Waals surface area contributed by atoms with Crippen LogP contribution in [0, 0.1) is 5.82 Å². The van der Waals surface area contributed by atoms with Crippen LogP contribution in [0.3, 0.4) is 0 Å². The van der Waals surface area contributed by atoms with E-state index in [0.717, 1.165) is 17.4 Å². The van der Waals surface area contributed by atoms with E-state index < -0.39 is 11.9 Å². The Morgan fingerprint density at radius 2 is 2.00 bits per heavy atom. The third-order valence-corrected chi connectivity index (χ3v) is 4.15. The number of ether oxygens (including phenoxy) is 2. The number of fused-ring (bicyclic) bond motifs is 1. The van der Waals surface area contributed by atoms with E-state index in [1.54, 1.807) is 7.11 Å². The fourth-order valence-corrected chi connectivity index (χ4v) is 2.72. The number of ketones is 1. The number of halogens is 1. The molecule has 2 atom stereocenters. The molecule has 1 N–H and O–H groups in total. The lowest BCUT2D eigenvalue weighted by Crippen LogP contribution is -2.42. The maximum atomic E-state index is 13.2. The molecule has 2 aromatic carbocycles. The van der Waals surface area contributed by atoms with Crippen LogP contribution in [-0.2, 0) is 4.79 Å². The molecule has 1 aliphatic rings. The molecule has 0 spiro atoms. The van der Waals surface area contributed by atoms with E-state index in [9.17, 15) is 14.0 Å². The van der Waals surface area contributed by atoms with Crippen LogP contribution >= 0.6 is 0 Å². The summed E-state index contributed by atoms with van der Waals surface area (Å²) in [5.41, 5.74) is 1.08. The fraction of sp³-hybridized carbons (Fsp3) is 0.263. The number of rotatable bonds is 4. The van der Waals surface area contributed by atoms with Gasteiger partial charge in [0.2, 0.25) is 0 Å². The maximum Gasteiger partial charge on any atom is 0.262 e. The molecule has 0 saturated heterocycles. The van der Waals surface area contributed by atoms with Crippen LogP contribution < -0.4 is 14.8 Å². The molecule has 1 aliphatic heterocycles. The first-order chi connectivity index (χ1) is 12.0. The van der Waals surface area contributed by atoms with E-state index in [4.69, 9.17) is 9.47 Å². The van der Waals surface area contributed by atoms with E-state index in [0.29, 0.717) is 0 Å². The molecule has 0 radical (unpaired) electrons. The summed E-state index contributed by atoms with van der Waals surface area (Å²) in [7, 11) is 1.58. The van der Waals surface area contributed by atoms with Crippen LogP contribution in [0.5, 0.6) is 11.5 Å². The first kappa shape index (κ1) is 17.0. The summed E-state index contributed by atoms with van der Waals surface area (Å²) in [5, 5.41) is 2.84. The summed E-state index contributed by atoms with van der Waals surface area (Å²) in [5.74, 6) is -0.237. The van der Waals surface area contributed by atoms with Crippen molar-refractivity contribution >= 4 is 11.7 Å². The zero-order chi connectivity index (χ0) is 18.0. The molecule has 130 valence electrons. The van der Waals surface area contributed by atoms with E-state index in [2.05, 4.69) is 5.32 Å². The number of nitrogens with one attached hydrogen (secondary N) is 1. The van der Waals surface area contributed by atoms with Gasteiger partial charge in [0, 0.05) is 0 Å². The molecule has 6 heteroatoms. The Balaban J connectivity index is 1.69. The molecule has 0 saturated carbocycles. The Hall–Kier alpha value is -2.89.